The Labute approximate surface area is 110 Å². The summed E-state index contributed by atoms with van der Waals surface area (Å²) in [6, 6.07) is 13.6. The van der Waals surface area contributed by atoms with Gasteiger partial charge in [0.15, 0.2) is 0 Å². The topological polar surface area (TPSA) is 35.5 Å². The average Bonchev–Trinajstić information content (AvgIpc) is 2.41. The number of hydrogen-bond donors (Lipinski definition) is 0. The molecule has 0 N–H and O–H groups in total. The average molecular weight is 263 g/mol. The second kappa shape index (κ2) is 5.56. The van der Waals surface area contributed by atoms with Crippen molar-refractivity contribution < 1.29 is 14.3 Å². The van der Waals surface area contributed by atoms with Gasteiger partial charge in [0.2, 0.25) is 0 Å². The number of ether oxygens (including phenoxy) is 2. The number of para-hydroxylation sites is 1. The van der Waals surface area contributed by atoms with Crippen molar-refractivity contribution in [3.8, 4) is 11.5 Å². The molecule has 2 aromatic rings. The van der Waals surface area contributed by atoms with Gasteiger partial charge in [0.1, 0.15) is 11.5 Å². The smallest absolute Gasteiger partial charge is 0.343 e. The van der Waals surface area contributed by atoms with Gasteiger partial charge in [-0.25, -0.2) is 4.79 Å². The largest absolute Gasteiger partial charge is 0.497 e. The van der Waals surface area contributed by atoms with Crippen molar-refractivity contribution in [2.24, 2.45) is 0 Å². The summed E-state index contributed by atoms with van der Waals surface area (Å²) in [5.41, 5.74) is 0.411. The van der Waals surface area contributed by atoms with Gasteiger partial charge < -0.3 is 9.47 Å². The number of rotatable bonds is 3. The minimum Gasteiger partial charge on any atom is -0.497 e. The summed E-state index contributed by atoms with van der Waals surface area (Å²) >= 11 is 5.91. The van der Waals surface area contributed by atoms with Gasteiger partial charge in [-0.2, -0.15) is 0 Å². The maximum absolute atomic E-state index is 11.9. The monoisotopic (exact) mass is 262 g/mol. The predicted molar refractivity (Wildman–Crippen MR) is 69.4 cm³/mol. The first kappa shape index (κ1) is 12.5. The molecule has 0 aliphatic heterocycles. The van der Waals surface area contributed by atoms with E-state index in [1.54, 1.807) is 55.6 Å². The van der Waals surface area contributed by atoms with Crippen LogP contribution in [0.3, 0.4) is 0 Å². The number of carbonyl (C=O) groups excluding carboxylic acids is 1. The molecule has 92 valence electrons. The number of methoxy groups -OCH3 is 1. The highest BCUT2D eigenvalue weighted by atomic mass is 35.5. The fraction of sp³-hybridized carbons (Fsp3) is 0.0714. The Hall–Kier alpha value is -2.00. The summed E-state index contributed by atoms with van der Waals surface area (Å²) in [5, 5.41) is 0.397. The molecule has 0 aliphatic carbocycles. The van der Waals surface area contributed by atoms with Crippen molar-refractivity contribution in [2.45, 2.75) is 0 Å². The molecule has 3 nitrogen and oxygen atoms in total. The SMILES string of the molecule is COc1cccc(C(=O)Oc2ccccc2Cl)c1. The molecule has 2 rings (SSSR count). The zero-order chi connectivity index (χ0) is 13.0. The zero-order valence-electron chi connectivity index (χ0n) is 9.72. The Morgan fingerprint density at radius 1 is 1.11 bits per heavy atom. The first-order valence-electron chi connectivity index (χ1n) is 5.31. The Balaban J connectivity index is 2.19. The molecular formula is C14H11ClO3. The van der Waals surface area contributed by atoms with E-state index in [0.29, 0.717) is 22.1 Å². The molecule has 0 aromatic heterocycles. The van der Waals surface area contributed by atoms with Crippen molar-refractivity contribution >= 4 is 17.6 Å². The molecule has 0 aliphatic rings. The summed E-state index contributed by atoms with van der Waals surface area (Å²) < 4.78 is 10.2. The van der Waals surface area contributed by atoms with Crippen LogP contribution in [0, 0.1) is 0 Å². The molecule has 0 saturated heterocycles. The van der Waals surface area contributed by atoms with E-state index in [2.05, 4.69) is 0 Å². The summed E-state index contributed by atoms with van der Waals surface area (Å²) in [5.74, 6) is 0.470. The highest BCUT2D eigenvalue weighted by Crippen LogP contribution is 2.24. The second-order valence-electron chi connectivity index (χ2n) is 3.55. The molecule has 0 unspecified atom stereocenters. The molecule has 0 bridgehead atoms. The lowest BCUT2D eigenvalue weighted by Crippen LogP contribution is -2.08. The molecule has 0 amide bonds. The van der Waals surface area contributed by atoms with Crippen molar-refractivity contribution in [3.05, 3.63) is 59.1 Å². The molecule has 0 heterocycles. The summed E-state index contributed by atoms with van der Waals surface area (Å²) in [6.07, 6.45) is 0. The van der Waals surface area contributed by atoms with Crippen LogP contribution in [-0.2, 0) is 0 Å². The van der Waals surface area contributed by atoms with Gasteiger partial charge >= 0.3 is 5.97 Å². The molecule has 0 spiro atoms. The first-order chi connectivity index (χ1) is 8.70. The van der Waals surface area contributed by atoms with Crippen molar-refractivity contribution in [1.29, 1.82) is 0 Å². The van der Waals surface area contributed by atoms with Crippen molar-refractivity contribution in [3.63, 3.8) is 0 Å². The van der Waals surface area contributed by atoms with Crippen LogP contribution >= 0.6 is 11.6 Å². The maximum atomic E-state index is 11.9. The van der Waals surface area contributed by atoms with Crippen LogP contribution in [0.25, 0.3) is 0 Å². The van der Waals surface area contributed by atoms with Crippen LogP contribution in [0.5, 0.6) is 11.5 Å². The van der Waals surface area contributed by atoms with Crippen LogP contribution in [-0.4, -0.2) is 13.1 Å². The van der Waals surface area contributed by atoms with E-state index in [1.807, 2.05) is 0 Å². The van der Waals surface area contributed by atoms with Crippen LogP contribution < -0.4 is 9.47 Å². The van der Waals surface area contributed by atoms with Crippen molar-refractivity contribution in [1.82, 2.24) is 0 Å². The normalized spacial score (nSPS) is 9.89. The lowest BCUT2D eigenvalue weighted by molar-refractivity contribution is 0.0734. The third kappa shape index (κ3) is 2.81. The lowest BCUT2D eigenvalue weighted by Gasteiger charge is -2.06. The van der Waals surface area contributed by atoms with E-state index >= 15 is 0 Å². The fourth-order valence-corrected chi connectivity index (χ4v) is 1.61. The Morgan fingerprint density at radius 2 is 1.89 bits per heavy atom. The highest BCUT2D eigenvalue weighted by molar-refractivity contribution is 6.32. The lowest BCUT2D eigenvalue weighted by atomic mass is 10.2. The molecule has 2 aromatic carbocycles. The third-order valence-electron chi connectivity index (χ3n) is 2.34. The summed E-state index contributed by atoms with van der Waals surface area (Å²) in [4.78, 5) is 11.9. The van der Waals surface area contributed by atoms with Gasteiger partial charge in [0, 0.05) is 0 Å². The zero-order valence-corrected chi connectivity index (χ0v) is 10.5. The van der Waals surface area contributed by atoms with Gasteiger partial charge in [-0.05, 0) is 30.3 Å². The quantitative estimate of drug-likeness (QED) is 0.627. The van der Waals surface area contributed by atoms with E-state index in [9.17, 15) is 4.79 Å². The number of esters is 1. The minimum atomic E-state index is -0.470. The summed E-state index contributed by atoms with van der Waals surface area (Å²) in [6.45, 7) is 0. The number of halogens is 1. The predicted octanol–water partition coefficient (Wildman–Crippen LogP) is 3.57. The van der Waals surface area contributed by atoms with Crippen LogP contribution in [0.1, 0.15) is 10.4 Å². The Morgan fingerprint density at radius 3 is 2.61 bits per heavy atom. The molecule has 4 heteroatoms. The number of benzene rings is 2. The van der Waals surface area contributed by atoms with Gasteiger partial charge in [-0.15, -0.1) is 0 Å². The van der Waals surface area contributed by atoms with Gasteiger partial charge in [-0.3, -0.25) is 0 Å². The van der Waals surface area contributed by atoms with Crippen molar-refractivity contribution in [2.75, 3.05) is 7.11 Å². The number of carbonyl (C=O) groups is 1. The third-order valence-corrected chi connectivity index (χ3v) is 2.66. The highest BCUT2D eigenvalue weighted by Gasteiger charge is 2.11. The Bertz CT molecular complexity index is 566. The van der Waals surface area contributed by atoms with E-state index in [0.717, 1.165) is 0 Å². The van der Waals surface area contributed by atoms with Gasteiger partial charge in [0.25, 0.3) is 0 Å². The molecular weight excluding hydrogens is 252 g/mol. The van der Waals surface area contributed by atoms with E-state index < -0.39 is 5.97 Å². The summed E-state index contributed by atoms with van der Waals surface area (Å²) in [7, 11) is 1.54. The van der Waals surface area contributed by atoms with Crippen LogP contribution in [0.15, 0.2) is 48.5 Å². The van der Waals surface area contributed by atoms with Crippen LogP contribution in [0.4, 0.5) is 0 Å². The second-order valence-corrected chi connectivity index (χ2v) is 3.96. The van der Waals surface area contributed by atoms with E-state index in [1.165, 1.54) is 0 Å². The molecule has 0 radical (unpaired) electrons. The van der Waals surface area contributed by atoms with E-state index in [-0.39, 0.29) is 0 Å². The van der Waals surface area contributed by atoms with Gasteiger partial charge in [-0.1, -0.05) is 29.8 Å². The first-order valence-corrected chi connectivity index (χ1v) is 5.69. The van der Waals surface area contributed by atoms with E-state index in [4.69, 9.17) is 21.1 Å². The minimum absolute atomic E-state index is 0.340. The molecule has 0 saturated carbocycles. The van der Waals surface area contributed by atoms with Gasteiger partial charge in [0.05, 0.1) is 17.7 Å². The molecule has 18 heavy (non-hydrogen) atoms. The van der Waals surface area contributed by atoms with Crippen LogP contribution in [0.2, 0.25) is 5.02 Å². The fourth-order valence-electron chi connectivity index (χ4n) is 1.44. The standard InChI is InChI=1S/C14H11ClO3/c1-17-11-6-4-5-10(9-11)14(16)18-13-8-3-2-7-12(13)15/h2-9H,1H3. The Kier molecular flexibility index (Phi) is 3.85. The molecule has 0 atom stereocenters. The maximum Gasteiger partial charge on any atom is 0.343 e. The molecule has 0 fully saturated rings. The number of hydrogen-bond acceptors (Lipinski definition) is 3.